The Balaban J connectivity index is 1.20. The van der Waals surface area contributed by atoms with Crippen molar-refractivity contribution in [3.63, 3.8) is 0 Å². The van der Waals surface area contributed by atoms with Crippen LogP contribution in [0.15, 0.2) is 88.1 Å². The molecule has 0 spiro atoms. The highest BCUT2D eigenvalue weighted by Gasteiger charge is 2.18. The normalized spacial score (nSPS) is 14.5. The van der Waals surface area contributed by atoms with Crippen molar-refractivity contribution in [1.82, 2.24) is 4.90 Å². The molecule has 0 bridgehead atoms. The van der Waals surface area contributed by atoms with Crippen molar-refractivity contribution in [2.24, 2.45) is 0 Å². The number of piperazine rings is 1. The molecule has 0 unspecified atom stereocenters. The smallest absolute Gasteiger partial charge is 0.193 e. The highest BCUT2D eigenvalue weighted by Crippen LogP contribution is 2.25. The van der Waals surface area contributed by atoms with Crippen LogP contribution in [0.1, 0.15) is 5.56 Å². The van der Waals surface area contributed by atoms with E-state index in [-0.39, 0.29) is 5.43 Å². The average molecular weight is 441 g/mol. The van der Waals surface area contributed by atoms with Gasteiger partial charge in [-0.05, 0) is 30.7 Å². The zero-order valence-corrected chi connectivity index (χ0v) is 18.9. The molecule has 0 amide bonds. The summed E-state index contributed by atoms with van der Waals surface area (Å²) in [5, 5.41) is 0.564. The van der Waals surface area contributed by atoms with Gasteiger partial charge in [-0.2, -0.15) is 0 Å². The summed E-state index contributed by atoms with van der Waals surface area (Å²) in [6, 6.07) is 25.2. The summed E-state index contributed by atoms with van der Waals surface area (Å²) in [4.78, 5) is 17.4. The summed E-state index contributed by atoms with van der Waals surface area (Å²) >= 11 is 0. The molecule has 2 heterocycles. The first-order chi connectivity index (χ1) is 16.2. The fourth-order valence-corrected chi connectivity index (χ4v) is 4.39. The third-order valence-corrected chi connectivity index (χ3v) is 6.26. The van der Waals surface area contributed by atoms with Crippen LogP contribution in [0.25, 0.3) is 22.3 Å². The summed E-state index contributed by atoms with van der Waals surface area (Å²) in [6.07, 6.45) is 0. The van der Waals surface area contributed by atoms with E-state index in [0.29, 0.717) is 23.3 Å². The Kier molecular flexibility index (Phi) is 6.13. The van der Waals surface area contributed by atoms with Crippen LogP contribution in [0, 0.1) is 6.92 Å². The molecule has 1 saturated heterocycles. The van der Waals surface area contributed by atoms with E-state index < -0.39 is 0 Å². The summed E-state index contributed by atoms with van der Waals surface area (Å²) in [7, 11) is 0. The van der Waals surface area contributed by atoms with Gasteiger partial charge >= 0.3 is 0 Å². The van der Waals surface area contributed by atoms with Gasteiger partial charge in [-0.1, -0.05) is 48.5 Å². The lowest BCUT2D eigenvalue weighted by molar-refractivity contribution is 0.200. The summed E-state index contributed by atoms with van der Waals surface area (Å²) < 4.78 is 12.0. The van der Waals surface area contributed by atoms with Crippen LogP contribution >= 0.6 is 0 Å². The Morgan fingerprint density at radius 3 is 2.42 bits per heavy atom. The number of aryl methyl sites for hydroxylation is 1. The Hall–Kier alpha value is -3.57. The van der Waals surface area contributed by atoms with Crippen molar-refractivity contribution in [1.29, 1.82) is 0 Å². The first-order valence-electron chi connectivity index (χ1n) is 11.5. The van der Waals surface area contributed by atoms with Crippen LogP contribution < -0.4 is 15.1 Å². The maximum Gasteiger partial charge on any atom is 0.193 e. The predicted octanol–water partition coefficient (Wildman–Crippen LogP) is 4.97. The van der Waals surface area contributed by atoms with Crippen molar-refractivity contribution in [3.8, 4) is 17.1 Å². The Morgan fingerprint density at radius 2 is 1.64 bits per heavy atom. The molecular formula is C28H28N2O3. The number of benzene rings is 3. The van der Waals surface area contributed by atoms with E-state index in [9.17, 15) is 4.79 Å². The lowest BCUT2D eigenvalue weighted by atomic mass is 10.1. The molecule has 0 radical (unpaired) electrons. The number of ether oxygens (including phenoxy) is 1. The molecule has 5 rings (SSSR count). The third-order valence-electron chi connectivity index (χ3n) is 6.26. The topological polar surface area (TPSA) is 45.9 Å². The first-order valence-corrected chi connectivity index (χ1v) is 11.5. The Bertz CT molecular complexity index is 1290. The van der Waals surface area contributed by atoms with Crippen LogP contribution in [0.4, 0.5) is 5.69 Å². The minimum absolute atomic E-state index is 0.0480. The number of rotatable bonds is 6. The molecule has 1 aliphatic heterocycles. The zero-order chi connectivity index (χ0) is 22.6. The fourth-order valence-electron chi connectivity index (χ4n) is 4.39. The molecule has 1 aliphatic rings. The zero-order valence-electron chi connectivity index (χ0n) is 18.9. The van der Waals surface area contributed by atoms with Gasteiger partial charge in [0.2, 0.25) is 0 Å². The Morgan fingerprint density at radius 1 is 0.879 bits per heavy atom. The van der Waals surface area contributed by atoms with E-state index >= 15 is 0 Å². The molecule has 0 N–H and O–H groups in total. The molecule has 168 valence electrons. The molecule has 33 heavy (non-hydrogen) atoms. The van der Waals surface area contributed by atoms with E-state index in [1.54, 1.807) is 12.1 Å². The monoisotopic (exact) mass is 440 g/mol. The third kappa shape index (κ3) is 4.78. The quantitative estimate of drug-likeness (QED) is 0.424. The first kappa shape index (κ1) is 21.3. The standard InChI is InChI=1S/C28H28N2O3/c1-21-7-5-6-10-25(21)30-15-13-29(14-16-30)17-18-32-23-11-12-24-26(31)20-27(33-28(24)19-23)22-8-3-2-4-9-22/h2-12,19-20H,13-18H2,1H3. The van der Waals surface area contributed by atoms with Gasteiger partial charge in [0.05, 0.1) is 5.39 Å². The molecule has 1 aromatic heterocycles. The van der Waals surface area contributed by atoms with Crippen molar-refractivity contribution in [2.45, 2.75) is 6.92 Å². The molecule has 0 aliphatic carbocycles. The predicted molar refractivity (Wildman–Crippen MR) is 133 cm³/mol. The van der Waals surface area contributed by atoms with Crippen molar-refractivity contribution in [2.75, 3.05) is 44.2 Å². The van der Waals surface area contributed by atoms with Crippen molar-refractivity contribution < 1.29 is 9.15 Å². The lowest BCUT2D eigenvalue weighted by Gasteiger charge is -2.36. The van der Waals surface area contributed by atoms with Crippen LogP contribution in [0.3, 0.4) is 0 Å². The second-order valence-corrected chi connectivity index (χ2v) is 8.46. The number of fused-ring (bicyclic) bond motifs is 1. The number of anilines is 1. The van der Waals surface area contributed by atoms with E-state index in [1.165, 1.54) is 11.3 Å². The highest BCUT2D eigenvalue weighted by atomic mass is 16.5. The van der Waals surface area contributed by atoms with E-state index in [1.807, 2.05) is 42.5 Å². The second-order valence-electron chi connectivity index (χ2n) is 8.46. The lowest BCUT2D eigenvalue weighted by Crippen LogP contribution is -2.47. The maximum absolute atomic E-state index is 12.5. The second kappa shape index (κ2) is 9.51. The van der Waals surface area contributed by atoms with Crippen molar-refractivity contribution in [3.05, 3.63) is 94.6 Å². The van der Waals surface area contributed by atoms with E-state index in [0.717, 1.165) is 44.0 Å². The molecule has 0 saturated carbocycles. The molecule has 3 aromatic carbocycles. The van der Waals surface area contributed by atoms with Crippen LogP contribution in [-0.4, -0.2) is 44.2 Å². The van der Waals surface area contributed by atoms with Gasteiger partial charge in [-0.3, -0.25) is 9.69 Å². The van der Waals surface area contributed by atoms with Gasteiger partial charge in [0.25, 0.3) is 0 Å². The van der Waals surface area contributed by atoms with Crippen molar-refractivity contribution >= 4 is 16.7 Å². The molecular weight excluding hydrogens is 412 g/mol. The van der Waals surface area contributed by atoms with Gasteiger partial charge in [0, 0.05) is 56.1 Å². The minimum atomic E-state index is -0.0480. The fraction of sp³-hybridized carbons (Fsp3) is 0.250. The molecule has 4 aromatic rings. The maximum atomic E-state index is 12.5. The Labute approximate surface area is 193 Å². The van der Waals surface area contributed by atoms with E-state index in [2.05, 4.69) is 41.0 Å². The number of para-hydroxylation sites is 1. The largest absolute Gasteiger partial charge is 0.492 e. The van der Waals surface area contributed by atoms with Crippen LogP contribution in [0.2, 0.25) is 0 Å². The van der Waals surface area contributed by atoms with Gasteiger partial charge in [0.15, 0.2) is 5.43 Å². The van der Waals surface area contributed by atoms with Gasteiger partial charge in [0.1, 0.15) is 23.7 Å². The van der Waals surface area contributed by atoms with Gasteiger partial charge in [-0.25, -0.2) is 0 Å². The minimum Gasteiger partial charge on any atom is -0.492 e. The number of nitrogens with zero attached hydrogens (tertiary/aromatic N) is 2. The SMILES string of the molecule is Cc1ccccc1N1CCN(CCOc2ccc3c(=O)cc(-c4ccccc4)oc3c2)CC1. The summed E-state index contributed by atoms with van der Waals surface area (Å²) in [5.41, 5.74) is 4.04. The number of hydrogen-bond acceptors (Lipinski definition) is 5. The molecule has 5 heteroatoms. The summed E-state index contributed by atoms with van der Waals surface area (Å²) in [6.45, 7) is 7.72. The molecule has 5 nitrogen and oxygen atoms in total. The average Bonchev–Trinajstić information content (AvgIpc) is 2.85. The molecule has 1 fully saturated rings. The van der Waals surface area contributed by atoms with E-state index in [4.69, 9.17) is 9.15 Å². The summed E-state index contributed by atoms with van der Waals surface area (Å²) in [5.74, 6) is 1.28. The van der Waals surface area contributed by atoms with Gasteiger partial charge in [-0.15, -0.1) is 0 Å². The van der Waals surface area contributed by atoms with Crippen LogP contribution in [-0.2, 0) is 0 Å². The number of hydrogen-bond donors (Lipinski definition) is 0. The highest BCUT2D eigenvalue weighted by molar-refractivity contribution is 5.80. The molecule has 0 atom stereocenters. The van der Waals surface area contributed by atoms with Gasteiger partial charge < -0.3 is 14.1 Å². The van der Waals surface area contributed by atoms with Crippen LogP contribution in [0.5, 0.6) is 5.75 Å².